The first-order valence-electron chi connectivity index (χ1n) is 13.9. The Bertz CT molecular complexity index is 1970. The van der Waals surface area contributed by atoms with Crippen LogP contribution in [0.3, 0.4) is 0 Å². The average molecular weight is 594 g/mol. The Morgan fingerprint density at radius 3 is 2.36 bits per heavy atom. The summed E-state index contributed by atoms with van der Waals surface area (Å²) in [5, 5.41) is 7.06. The van der Waals surface area contributed by atoms with E-state index < -0.39 is 11.7 Å². The van der Waals surface area contributed by atoms with Crippen molar-refractivity contribution < 1.29 is 9.53 Å². The van der Waals surface area contributed by atoms with Crippen molar-refractivity contribution in [1.82, 2.24) is 14.8 Å². The molecule has 1 atom stereocenters. The summed E-state index contributed by atoms with van der Waals surface area (Å²) >= 11 is 7.91. The number of aromatic nitrogens is 3. The number of carbonyl (C=O) groups is 1. The van der Waals surface area contributed by atoms with Gasteiger partial charge in [-0.25, -0.2) is 4.98 Å². The molecule has 0 bridgehead atoms. The molecule has 2 heterocycles. The van der Waals surface area contributed by atoms with Crippen LogP contribution < -0.4 is 0 Å². The molecule has 5 nitrogen and oxygen atoms in total. The highest BCUT2D eigenvalue weighted by Crippen LogP contribution is 2.45. The summed E-state index contributed by atoms with van der Waals surface area (Å²) in [5.41, 5.74) is 8.54. The lowest BCUT2D eigenvalue weighted by atomic mass is 9.90. The third kappa shape index (κ3) is 5.38. The van der Waals surface area contributed by atoms with Crippen LogP contribution in [-0.4, -0.2) is 26.1 Å². The molecule has 0 N–H and O–H groups in total. The van der Waals surface area contributed by atoms with Gasteiger partial charge in [0.25, 0.3) is 0 Å². The Morgan fingerprint density at radius 2 is 1.64 bits per heavy atom. The zero-order chi connectivity index (χ0) is 29.8. The van der Waals surface area contributed by atoms with Crippen LogP contribution in [0.1, 0.15) is 44.9 Å². The van der Waals surface area contributed by atoms with E-state index in [9.17, 15) is 4.79 Å². The summed E-state index contributed by atoms with van der Waals surface area (Å²) in [6.45, 7) is 9.55. The maximum Gasteiger partial charge on any atom is 0.163 e. The summed E-state index contributed by atoms with van der Waals surface area (Å²) in [6.07, 6.45) is 1.18. The summed E-state index contributed by atoms with van der Waals surface area (Å²) in [4.78, 5) is 18.2. The highest BCUT2D eigenvalue weighted by Gasteiger charge is 2.30. The number of ketones is 1. The largest absolute Gasteiger partial charge is 0.360 e. The zero-order valence-electron chi connectivity index (χ0n) is 24.5. The van der Waals surface area contributed by atoms with Crippen LogP contribution in [0.15, 0.2) is 79.0 Å². The molecule has 2 aromatic heterocycles. The van der Waals surface area contributed by atoms with E-state index in [1.54, 1.807) is 18.3 Å². The predicted molar refractivity (Wildman–Crippen MR) is 174 cm³/mol. The number of hydrogen-bond acceptors (Lipinski definition) is 5. The van der Waals surface area contributed by atoms with E-state index in [1.807, 2.05) is 69.9 Å². The standard InChI is InChI=1S/C35H32ClN3O2S/c1-20-16-28-33(31(22-10-13-27(36)14-11-22)30(20)32(21(2)40)41-35(3,4)5)42-34(38-28)25-9-7-8-23(17-25)24-12-15-29-26(18-24)19-37-39(29)6/h7-19,32H,1-6H3/t32-/m1/s1. The Kier molecular flexibility index (Phi) is 7.26. The molecule has 0 amide bonds. The Hall–Kier alpha value is -3.84. The Morgan fingerprint density at radius 1 is 0.952 bits per heavy atom. The predicted octanol–water partition coefficient (Wildman–Crippen LogP) is 9.59. The van der Waals surface area contributed by atoms with Crippen LogP contribution in [0.2, 0.25) is 5.02 Å². The van der Waals surface area contributed by atoms with Crippen molar-refractivity contribution in [3.8, 4) is 32.8 Å². The van der Waals surface area contributed by atoms with E-state index in [2.05, 4.69) is 53.6 Å². The van der Waals surface area contributed by atoms with Gasteiger partial charge in [0, 0.05) is 34.1 Å². The van der Waals surface area contributed by atoms with Crippen LogP contribution in [0.4, 0.5) is 0 Å². The summed E-state index contributed by atoms with van der Waals surface area (Å²) in [7, 11) is 1.95. The average Bonchev–Trinajstić information content (AvgIpc) is 3.54. The van der Waals surface area contributed by atoms with Crippen molar-refractivity contribution in [2.45, 2.75) is 46.3 Å². The van der Waals surface area contributed by atoms with Crippen molar-refractivity contribution in [3.63, 3.8) is 0 Å². The third-order valence-electron chi connectivity index (χ3n) is 7.35. The fourth-order valence-electron chi connectivity index (χ4n) is 5.45. The molecule has 0 aliphatic carbocycles. The van der Waals surface area contributed by atoms with Gasteiger partial charge in [0.1, 0.15) is 11.1 Å². The molecule has 42 heavy (non-hydrogen) atoms. The summed E-state index contributed by atoms with van der Waals surface area (Å²) < 4.78 is 9.29. The minimum absolute atomic E-state index is 0.0365. The highest BCUT2D eigenvalue weighted by atomic mass is 35.5. The normalized spacial score (nSPS) is 12.7. The molecule has 6 rings (SSSR count). The number of nitrogens with zero attached hydrogens (tertiary/aromatic N) is 3. The fraction of sp³-hybridized carbons (Fsp3) is 0.229. The molecule has 212 valence electrons. The fourth-order valence-corrected chi connectivity index (χ4v) is 6.70. The topological polar surface area (TPSA) is 57.0 Å². The first-order valence-corrected chi connectivity index (χ1v) is 15.1. The molecule has 0 radical (unpaired) electrons. The molecule has 0 spiro atoms. The van der Waals surface area contributed by atoms with Gasteiger partial charge in [-0.3, -0.25) is 9.48 Å². The smallest absolute Gasteiger partial charge is 0.163 e. The van der Waals surface area contributed by atoms with Gasteiger partial charge in [-0.05, 0) is 93.3 Å². The van der Waals surface area contributed by atoms with Crippen molar-refractivity contribution in [2.75, 3.05) is 0 Å². The van der Waals surface area contributed by atoms with Crippen molar-refractivity contribution in [1.29, 1.82) is 0 Å². The van der Waals surface area contributed by atoms with E-state index in [-0.39, 0.29) is 5.78 Å². The molecule has 0 saturated carbocycles. The first-order chi connectivity index (χ1) is 20.0. The van der Waals surface area contributed by atoms with Gasteiger partial charge in [-0.1, -0.05) is 48.0 Å². The molecule has 0 aliphatic rings. The number of aryl methyl sites for hydroxylation is 2. The minimum Gasteiger partial charge on any atom is -0.360 e. The number of benzene rings is 4. The molecule has 0 fully saturated rings. The summed E-state index contributed by atoms with van der Waals surface area (Å²) in [5.74, 6) is -0.0365. The van der Waals surface area contributed by atoms with Gasteiger partial charge in [-0.2, -0.15) is 5.10 Å². The molecule has 0 aliphatic heterocycles. The van der Waals surface area contributed by atoms with Gasteiger partial charge in [0.15, 0.2) is 5.78 Å². The number of hydrogen-bond donors (Lipinski definition) is 0. The summed E-state index contributed by atoms with van der Waals surface area (Å²) in [6, 6.07) is 24.7. The highest BCUT2D eigenvalue weighted by molar-refractivity contribution is 7.22. The van der Waals surface area contributed by atoms with Crippen LogP contribution in [0.5, 0.6) is 0 Å². The van der Waals surface area contributed by atoms with E-state index in [0.717, 1.165) is 65.1 Å². The molecular formula is C35H32ClN3O2S. The van der Waals surface area contributed by atoms with E-state index in [0.29, 0.717) is 5.02 Å². The molecule has 7 heteroatoms. The van der Waals surface area contributed by atoms with Crippen LogP contribution in [0.25, 0.3) is 53.9 Å². The number of rotatable bonds is 6. The van der Waals surface area contributed by atoms with Crippen LogP contribution in [-0.2, 0) is 16.6 Å². The van der Waals surface area contributed by atoms with E-state index in [4.69, 9.17) is 21.3 Å². The molecular weight excluding hydrogens is 562 g/mol. The van der Waals surface area contributed by atoms with Gasteiger partial charge in [0.05, 0.1) is 27.5 Å². The first kappa shape index (κ1) is 28.3. The number of halogens is 1. The van der Waals surface area contributed by atoms with Gasteiger partial charge in [-0.15, -0.1) is 11.3 Å². The second-order valence-electron chi connectivity index (χ2n) is 11.7. The van der Waals surface area contributed by atoms with Gasteiger partial charge in [0.2, 0.25) is 0 Å². The molecule has 0 unspecified atom stereocenters. The van der Waals surface area contributed by atoms with E-state index in [1.165, 1.54) is 0 Å². The lowest BCUT2D eigenvalue weighted by Crippen LogP contribution is -2.27. The second kappa shape index (κ2) is 10.8. The maximum absolute atomic E-state index is 13.1. The SMILES string of the molecule is CC(=O)[C@@H](OC(C)(C)C)c1c(C)cc2nc(-c3cccc(-c4ccc5c(cnn5C)c4)c3)sc2c1-c1ccc(Cl)cc1. The van der Waals surface area contributed by atoms with Crippen molar-refractivity contribution in [3.05, 3.63) is 95.1 Å². The molecule has 4 aromatic carbocycles. The monoisotopic (exact) mass is 593 g/mol. The number of fused-ring (bicyclic) bond motifs is 2. The number of carbonyl (C=O) groups excluding carboxylic acids is 1. The van der Waals surface area contributed by atoms with Crippen LogP contribution >= 0.6 is 22.9 Å². The third-order valence-corrected chi connectivity index (χ3v) is 8.74. The molecule has 0 saturated heterocycles. The zero-order valence-corrected chi connectivity index (χ0v) is 26.1. The quantitative estimate of drug-likeness (QED) is 0.193. The van der Waals surface area contributed by atoms with Crippen molar-refractivity contribution in [2.24, 2.45) is 7.05 Å². The minimum atomic E-state index is -0.712. The number of ether oxygens (including phenoxy) is 1. The number of Topliss-reactive ketones (excluding diaryl/α,β-unsaturated/α-hetero) is 1. The number of thiazole rings is 1. The van der Waals surface area contributed by atoms with Crippen molar-refractivity contribution >= 4 is 49.8 Å². The van der Waals surface area contributed by atoms with Gasteiger partial charge >= 0.3 is 0 Å². The maximum atomic E-state index is 13.1. The second-order valence-corrected chi connectivity index (χ2v) is 13.1. The van der Waals surface area contributed by atoms with E-state index >= 15 is 0 Å². The molecule has 6 aromatic rings. The Labute approximate surface area is 254 Å². The lowest BCUT2D eigenvalue weighted by molar-refractivity contribution is -0.138. The van der Waals surface area contributed by atoms with Gasteiger partial charge < -0.3 is 4.74 Å². The Balaban J connectivity index is 1.53. The lowest BCUT2D eigenvalue weighted by Gasteiger charge is -2.29. The van der Waals surface area contributed by atoms with Crippen LogP contribution in [0, 0.1) is 6.92 Å².